The number of rotatable bonds is 6. The van der Waals surface area contributed by atoms with Crippen LogP contribution in [0.15, 0.2) is 28.7 Å². The Morgan fingerprint density at radius 2 is 1.80 bits per heavy atom. The number of ketones is 1. The van der Waals surface area contributed by atoms with E-state index in [0.29, 0.717) is 5.56 Å². The highest BCUT2D eigenvalue weighted by Gasteiger charge is 2.34. The monoisotopic (exact) mass is 406 g/mol. The topological polar surface area (TPSA) is 52.6 Å². The van der Waals surface area contributed by atoms with Gasteiger partial charge in [-0.05, 0) is 26.0 Å². The Labute approximate surface area is 135 Å². The van der Waals surface area contributed by atoms with E-state index < -0.39 is 16.4 Å². The molecule has 0 heterocycles. The van der Waals surface area contributed by atoms with Gasteiger partial charge in [-0.15, -0.1) is 0 Å². The zero-order valence-electron chi connectivity index (χ0n) is 11.5. The SMILES string of the molecule is COC(C)(C)C(Br)C(=O)OCC(=O)c1ccc(Br)cc1. The van der Waals surface area contributed by atoms with Crippen molar-refractivity contribution in [3.05, 3.63) is 34.3 Å². The van der Waals surface area contributed by atoms with Crippen molar-refractivity contribution in [1.29, 1.82) is 0 Å². The summed E-state index contributed by atoms with van der Waals surface area (Å²) in [6, 6.07) is 6.86. The van der Waals surface area contributed by atoms with E-state index in [-0.39, 0.29) is 12.4 Å². The Kier molecular flexibility index (Phi) is 6.36. The lowest BCUT2D eigenvalue weighted by atomic mass is 10.1. The minimum absolute atomic E-state index is 0.249. The van der Waals surface area contributed by atoms with Crippen LogP contribution in [0.3, 0.4) is 0 Å². The third-order valence-electron chi connectivity index (χ3n) is 2.86. The fourth-order valence-electron chi connectivity index (χ4n) is 1.32. The van der Waals surface area contributed by atoms with Gasteiger partial charge in [0.05, 0.1) is 5.60 Å². The molecule has 1 aromatic carbocycles. The number of hydrogen-bond acceptors (Lipinski definition) is 4. The van der Waals surface area contributed by atoms with Crippen molar-refractivity contribution in [3.8, 4) is 0 Å². The number of halogens is 2. The van der Waals surface area contributed by atoms with Crippen molar-refractivity contribution in [2.24, 2.45) is 0 Å². The highest BCUT2D eigenvalue weighted by Crippen LogP contribution is 2.22. The molecule has 0 aliphatic carbocycles. The molecule has 0 fully saturated rings. The third kappa shape index (κ3) is 4.68. The lowest BCUT2D eigenvalue weighted by molar-refractivity contribution is -0.146. The number of Topliss-reactive ketones (excluding diaryl/α,β-unsaturated/α-hetero) is 1. The van der Waals surface area contributed by atoms with E-state index in [1.807, 2.05) is 0 Å². The average molecular weight is 408 g/mol. The predicted octanol–water partition coefficient (Wildman–Crippen LogP) is 3.36. The first-order chi connectivity index (χ1) is 9.27. The maximum absolute atomic E-state index is 11.9. The summed E-state index contributed by atoms with van der Waals surface area (Å²) < 4.78 is 11.1. The van der Waals surface area contributed by atoms with Crippen LogP contribution in [0, 0.1) is 0 Å². The molecule has 20 heavy (non-hydrogen) atoms. The average Bonchev–Trinajstić information content (AvgIpc) is 2.44. The smallest absolute Gasteiger partial charge is 0.323 e. The van der Waals surface area contributed by atoms with Crippen LogP contribution in [-0.2, 0) is 14.3 Å². The molecule has 1 aromatic rings. The van der Waals surface area contributed by atoms with Crippen LogP contribution in [0.2, 0.25) is 0 Å². The molecule has 0 bridgehead atoms. The highest BCUT2D eigenvalue weighted by atomic mass is 79.9. The molecule has 6 heteroatoms. The molecule has 0 radical (unpaired) electrons. The first-order valence-electron chi connectivity index (χ1n) is 5.92. The van der Waals surface area contributed by atoms with E-state index in [0.717, 1.165) is 4.47 Å². The lowest BCUT2D eigenvalue weighted by Crippen LogP contribution is -2.40. The Morgan fingerprint density at radius 3 is 2.30 bits per heavy atom. The standard InChI is InChI=1S/C14H16Br2O4/c1-14(2,19-3)12(16)13(18)20-8-11(17)9-4-6-10(15)7-5-9/h4-7,12H,8H2,1-3H3. The summed E-state index contributed by atoms with van der Waals surface area (Å²) in [7, 11) is 1.51. The van der Waals surface area contributed by atoms with Crippen molar-refractivity contribution in [2.75, 3.05) is 13.7 Å². The number of alkyl halides is 1. The summed E-state index contributed by atoms with van der Waals surface area (Å²) in [5.74, 6) is -0.775. The molecule has 0 saturated heterocycles. The van der Waals surface area contributed by atoms with Crippen molar-refractivity contribution in [3.63, 3.8) is 0 Å². The van der Waals surface area contributed by atoms with Gasteiger partial charge in [0.1, 0.15) is 4.83 Å². The maximum atomic E-state index is 11.9. The first kappa shape index (κ1) is 17.3. The van der Waals surface area contributed by atoms with E-state index in [4.69, 9.17) is 9.47 Å². The van der Waals surface area contributed by atoms with E-state index >= 15 is 0 Å². The van der Waals surface area contributed by atoms with Gasteiger partial charge in [0.2, 0.25) is 0 Å². The minimum atomic E-state index is -0.711. The van der Waals surface area contributed by atoms with Crippen molar-refractivity contribution in [2.45, 2.75) is 24.3 Å². The minimum Gasteiger partial charge on any atom is -0.456 e. The Hall–Kier alpha value is -0.720. The molecule has 0 spiro atoms. The van der Waals surface area contributed by atoms with Gasteiger partial charge in [0, 0.05) is 17.1 Å². The second-order valence-electron chi connectivity index (χ2n) is 4.71. The second-order valence-corrected chi connectivity index (χ2v) is 6.54. The number of ether oxygens (including phenoxy) is 2. The molecule has 0 amide bonds. The van der Waals surface area contributed by atoms with Gasteiger partial charge in [-0.25, -0.2) is 0 Å². The molecule has 0 N–H and O–H groups in total. The van der Waals surface area contributed by atoms with Crippen molar-refractivity contribution < 1.29 is 19.1 Å². The highest BCUT2D eigenvalue weighted by molar-refractivity contribution is 9.10. The molecule has 0 aliphatic rings. The van der Waals surface area contributed by atoms with Crippen LogP contribution in [0.1, 0.15) is 24.2 Å². The second kappa shape index (κ2) is 7.33. The fourth-order valence-corrected chi connectivity index (χ4v) is 1.90. The number of hydrogen-bond donors (Lipinski definition) is 0. The van der Waals surface area contributed by atoms with Crippen LogP contribution in [0.4, 0.5) is 0 Å². The summed E-state index contributed by atoms with van der Waals surface area (Å²) in [6.07, 6.45) is 0. The van der Waals surface area contributed by atoms with Crippen LogP contribution in [-0.4, -0.2) is 35.9 Å². The van der Waals surface area contributed by atoms with Gasteiger partial charge >= 0.3 is 5.97 Å². The maximum Gasteiger partial charge on any atom is 0.323 e. The number of benzene rings is 1. The number of esters is 1. The molecule has 4 nitrogen and oxygen atoms in total. The fraction of sp³-hybridized carbons (Fsp3) is 0.429. The van der Waals surface area contributed by atoms with E-state index in [2.05, 4.69) is 31.9 Å². The van der Waals surface area contributed by atoms with Gasteiger partial charge in [-0.3, -0.25) is 9.59 Å². The van der Waals surface area contributed by atoms with Gasteiger partial charge in [-0.2, -0.15) is 0 Å². The van der Waals surface area contributed by atoms with Crippen LogP contribution < -0.4 is 0 Å². The van der Waals surface area contributed by atoms with E-state index in [9.17, 15) is 9.59 Å². The Balaban J connectivity index is 2.57. The first-order valence-corrected chi connectivity index (χ1v) is 7.63. The molecule has 1 rings (SSSR count). The van der Waals surface area contributed by atoms with Crippen LogP contribution in [0.25, 0.3) is 0 Å². The molecule has 0 aliphatic heterocycles. The lowest BCUT2D eigenvalue weighted by Gasteiger charge is -2.27. The number of methoxy groups -OCH3 is 1. The Morgan fingerprint density at radius 1 is 1.25 bits per heavy atom. The zero-order valence-corrected chi connectivity index (χ0v) is 14.7. The number of carbonyl (C=O) groups is 2. The van der Waals surface area contributed by atoms with Crippen molar-refractivity contribution in [1.82, 2.24) is 0 Å². The normalized spacial score (nSPS) is 12.8. The quantitative estimate of drug-likeness (QED) is 0.412. The summed E-state index contributed by atoms with van der Waals surface area (Å²) in [6.45, 7) is 3.22. The van der Waals surface area contributed by atoms with E-state index in [1.54, 1.807) is 38.1 Å². The van der Waals surface area contributed by atoms with Crippen LogP contribution in [0.5, 0.6) is 0 Å². The third-order valence-corrected chi connectivity index (χ3v) is 4.86. The molecule has 0 saturated carbocycles. The van der Waals surface area contributed by atoms with Gasteiger partial charge in [-0.1, -0.05) is 44.0 Å². The van der Waals surface area contributed by atoms with Gasteiger partial charge in [0.15, 0.2) is 12.4 Å². The molecule has 0 aromatic heterocycles. The van der Waals surface area contributed by atoms with Gasteiger partial charge < -0.3 is 9.47 Å². The summed E-state index contributed by atoms with van der Waals surface area (Å²) in [4.78, 5) is 23.1. The molecule has 1 atom stereocenters. The zero-order chi connectivity index (χ0) is 15.3. The molecular weight excluding hydrogens is 392 g/mol. The largest absolute Gasteiger partial charge is 0.456 e. The van der Waals surface area contributed by atoms with Crippen LogP contribution >= 0.6 is 31.9 Å². The van der Waals surface area contributed by atoms with E-state index in [1.165, 1.54) is 7.11 Å². The molecular formula is C14H16Br2O4. The van der Waals surface area contributed by atoms with Gasteiger partial charge in [0.25, 0.3) is 0 Å². The van der Waals surface area contributed by atoms with Crippen molar-refractivity contribution >= 4 is 43.6 Å². The summed E-state index contributed by atoms with van der Waals surface area (Å²) in [5.41, 5.74) is -0.212. The summed E-state index contributed by atoms with van der Waals surface area (Å²) >= 11 is 6.51. The predicted molar refractivity (Wildman–Crippen MR) is 83.2 cm³/mol. The summed E-state index contributed by atoms with van der Waals surface area (Å²) in [5, 5.41) is 0. The Bertz CT molecular complexity index is 482. The molecule has 110 valence electrons. The molecule has 1 unspecified atom stereocenters. The number of carbonyl (C=O) groups excluding carboxylic acids is 2.